The molecule has 0 radical (unpaired) electrons. The number of ether oxygens (including phenoxy) is 1. The highest BCUT2D eigenvalue weighted by atomic mass is 16.5. The van der Waals surface area contributed by atoms with Crippen molar-refractivity contribution in [1.82, 2.24) is 14.8 Å². The van der Waals surface area contributed by atoms with Gasteiger partial charge < -0.3 is 14.5 Å². The Hall–Kier alpha value is -2.73. The summed E-state index contributed by atoms with van der Waals surface area (Å²) in [7, 11) is 3.46. The summed E-state index contributed by atoms with van der Waals surface area (Å²) in [6, 6.07) is 11.9. The van der Waals surface area contributed by atoms with E-state index in [-0.39, 0.29) is 18.4 Å². The quantitative estimate of drug-likeness (QED) is 0.755. The minimum Gasteiger partial charge on any atom is -0.361 e. The summed E-state index contributed by atoms with van der Waals surface area (Å²) in [6.45, 7) is 3.13. The first-order chi connectivity index (χ1) is 14.0. The molecule has 1 fully saturated rings. The number of morpholine rings is 1. The molecule has 2 amide bonds. The van der Waals surface area contributed by atoms with Gasteiger partial charge in [-0.3, -0.25) is 14.6 Å². The van der Waals surface area contributed by atoms with E-state index in [4.69, 9.17) is 4.74 Å². The summed E-state index contributed by atoms with van der Waals surface area (Å²) in [5.74, 6) is -0.0419. The van der Waals surface area contributed by atoms with Crippen molar-refractivity contribution >= 4 is 11.8 Å². The van der Waals surface area contributed by atoms with Crippen LogP contribution in [0.2, 0.25) is 0 Å². The van der Waals surface area contributed by atoms with Crippen LogP contribution in [-0.2, 0) is 20.7 Å². The molecule has 0 spiro atoms. The normalized spacial score (nSPS) is 19.1. The fourth-order valence-corrected chi connectivity index (χ4v) is 3.87. The van der Waals surface area contributed by atoms with Gasteiger partial charge in [-0.25, -0.2) is 0 Å². The molecule has 0 unspecified atom stereocenters. The number of carbonyl (C=O) groups is 2. The van der Waals surface area contributed by atoms with Crippen molar-refractivity contribution in [2.45, 2.75) is 31.8 Å². The minimum absolute atomic E-state index is 0.0762. The summed E-state index contributed by atoms with van der Waals surface area (Å²) in [6.07, 6.45) is 5.22. The number of benzene rings is 1. The first kappa shape index (κ1) is 21.0. The van der Waals surface area contributed by atoms with Crippen LogP contribution in [0.25, 0.3) is 11.1 Å². The summed E-state index contributed by atoms with van der Waals surface area (Å²) >= 11 is 0. The van der Waals surface area contributed by atoms with E-state index < -0.39 is 5.60 Å². The molecule has 0 bridgehead atoms. The van der Waals surface area contributed by atoms with E-state index in [2.05, 4.69) is 4.98 Å². The number of pyridine rings is 1. The second-order valence-electron chi connectivity index (χ2n) is 7.68. The Kier molecular flexibility index (Phi) is 6.64. The molecule has 1 atom stereocenters. The van der Waals surface area contributed by atoms with E-state index in [0.717, 1.165) is 23.1 Å². The molecular weight excluding hydrogens is 366 g/mol. The Morgan fingerprint density at radius 1 is 1.21 bits per heavy atom. The molecular formula is C23H29N3O3. The molecule has 6 nitrogen and oxygen atoms in total. The summed E-state index contributed by atoms with van der Waals surface area (Å²) in [5.41, 5.74) is 1.92. The Labute approximate surface area is 172 Å². The lowest BCUT2D eigenvalue weighted by Gasteiger charge is -2.43. The number of carbonyl (C=O) groups excluding carboxylic acids is 2. The maximum absolute atomic E-state index is 13.2. The monoisotopic (exact) mass is 395 g/mol. The molecule has 0 saturated carbocycles. The van der Waals surface area contributed by atoms with E-state index in [1.54, 1.807) is 30.1 Å². The average molecular weight is 396 g/mol. The zero-order chi connectivity index (χ0) is 20.9. The predicted octanol–water partition coefficient (Wildman–Crippen LogP) is 2.78. The van der Waals surface area contributed by atoms with Gasteiger partial charge in [-0.05, 0) is 23.6 Å². The molecule has 154 valence electrons. The standard InChI is InChI=1S/C23H29N3O3/c1-4-8-21(27)26-13-14-29-23(17-26,22(28)25(2)3)15-18-9-5-6-11-20(18)19-10-7-12-24-16-19/h5-7,9-12,16H,4,8,13-15,17H2,1-3H3/t23-/m0/s1. The number of rotatable bonds is 6. The van der Waals surface area contributed by atoms with Crippen molar-refractivity contribution in [3.63, 3.8) is 0 Å². The molecule has 3 rings (SSSR count). The highest BCUT2D eigenvalue weighted by Gasteiger charge is 2.46. The van der Waals surface area contributed by atoms with Crippen molar-refractivity contribution in [3.8, 4) is 11.1 Å². The molecule has 6 heteroatoms. The van der Waals surface area contributed by atoms with E-state index in [1.165, 1.54) is 0 Å². The second kappa shape index (κ2) is 9.18. The number of aromatic nitrogens is 1. The van der Waals surface area contributed by atoms with E-state index in [1.807, 2.05) is 49.5 Å². The smallest absolute Gasteiger partial charge is 0.256 e. The van der Waals surface area contributed by atoms with Gasteiger partial charge in [-0.2, -0.15) is 0 Å². The Morgan fingerprint density at radius 2 is 2.00 bits per heavy atom. The van der Waals surface area contributed by atoms with Crippen LogP contribution in [0.1, 0.15) is 25.3 Å². The Bertz CT molecular complexity index is 853. The van der Waals surface area contributed by atoms with Gasteiger partial charge in [0.15, 0.2) is 5.60 Å². The van der Waals surface area contributed by atoms with Crippen LogP contribution in [0.15, 0.2) is 48.8 Å². The third-order valence-corrected chi connectivity index (χ3v) is 5.26. The summed E-state index contributed by atoms with van der Waals surface area (Å²) in [4.78, 5) is 33.4. The lowest BCUT2D eigenvalue weighted by molar-refractivity contribution is -0.172. The van der Waals surface area contributed by atoms with Crippen LogP contribution in [0.3, 0.4) is 0 Å². The number of amides is 2. The SMILES string of the molecule is CCCC(=O)N1CCO[C@](Cc2ccccc2-c2cccnc2)(C(=O)N(C)C)C1. The number of likely N-dealkylation sites (N-methyl/N-ethyl adjacent to an activating group) is 1. The van der Waals surface area contributed by atoms with Crippen LogP contribution in [-0.4, -0.2) is 66.0 Å². The van der Waals surface area contributed by atoms with Gasteiger partial charge in [0.1, 0.15) is 0 Å². The van der Waals surface area contributed by atoms with Crippen LogP contribution in [0.5, 0.6) is 0 Å². The third-order valence-electron chi connectivity index (χ3n) is 5.26. The first-order valence-electron chi connectivity index (χ1n) is 10.1. The average Bonchev–Trinajstić information content (AvgIpc) is 2.74. The van der Waals surface area contributed by atoms with Gasteiger partial charge in [-0.15, -0.1) is 0 Å². The second-order valence-corrected chi connectivity index (χ2v) is 7.68. The van der Waals surface area contributed by atoms with Gasteiger partial charge in [0.2, 0.25) is 5.91 Å². The molecule has 1 aliphatic rings. The van der Waals surface area contributed by atoms with Gasteiger partial charge >= 0.3 is 0 Å². The molecule has 29 heavy (non-hydrogen) atoms. The predicted molar refractivity (Wildman–Crippen MR) is 112 cm³/mol. The minimum atomic E-state index is -1.09. The third kappa shape index (κ3) is 4.65. The molecule has 2 aromatic rings. The summed E-state index contributed by atoms with van der Waals surface area (Å²) < 4.78 is 6.14. The molecule has 1 aromatic heterocycles. The van der Waals surface area contributed by atoms with E-state index in [9.17, 15) is 9.59 Å². The molecule has 0 N–H and O–H groups in total. The lowest BCUT2D eigenvalue weighted by atomic mass is 9.87. The van der Waals surface area contributed by atoms with Crippen molar-refractivity contribution in [2.75, 3.05) is 33.8 Å². The highest BCUT2D eigenvalue weighted by molar-refractivity contribution is 5.87. The zero-order valence-electron chi connectivity index (χ0n) is 17.4. The molecule has 1 saturated heterocycles. The van der Waals surface area contributed by atoms with Crippen molar-refractivity contribution < 1.29 is 14.3 Å². The Balaban J connectivity index is 1.98. The Morgan fingerprint density at radius 3 is 2.69 bits per heavy atom. The van der Waals surface area contributed by atoms with Gasteiger partial charge in [0.05, 0.1) is 13.2 Å². The van der Waals surface area contributed by atoms with Crippen molar-refractivity contribution in [3.05, 3.63) is 54.4 Å². The molecule has 2 heterocycles. The van der Waals surface area contributed by atoms with Crippen LogP contribution in [0, 0.1) is 0 Å². The number of hydrogen-bond acceptors (Lipinski definition) is 4. The largest absolute Gasteiger partial charge is 0.361 e. The summed E-state index contributed by atoms with van der Waals surface area (Å²) in [5, 5.41) is 0. The molecule has 1 aliphatic heterocycles. The fraction of sp³-hybridized carbons (Fsp3) is 0.435. The van der Waals surface area contributed by atoms with Crippen LogP contribution in [0.4, 0.5) is 0 Å². The van der Waals surface area contributed by atoms with Gasteiger partial charge in [0.25, 0.3) is 5.91 Å². The molecule has 1 aromatic carbocycles. The van der Waals surface area contributed by atoms with Crippen LogP contribution < -0.4 is 0 Å². The van der Waals surface area contributed by atoms with Crippen molar-refractivity contribution in [1.29, 1.82) is 0 Å². The fourth-order valence-electron chi connectivity index (χ4n) is 3.87. The molecule has 0 aliphatic carbocycles. The highest BCUT2D eigenvalue weighted by Crippen LogP contribution is 2.31. The van der Waals surface area contributed by atoms with E-state index in [0.29, 0.717) is 26.0 Å². The maximum Gasteiger partial charge on any atom is 0.256 e. The topological polar surface area (TPSA) is 62.7 Å². The zero-order valence-corrected chi connectivity index (χ0v) is 17.4. The number of hydrogen-bond donors (Lipinski definition) is 0. The maximum atomic E-state index is 13.2. The van der Waals surface area contributed by atoms with Gasteiger partial charge in [-0.1, -0.05) is 37.3 Å². The lowest BCUT2D eigenvalue weighted by Crippen LogP contribution is -2.61. The first-order valence-corrected chi connectivity index (χ1v) is 10.1. The van der Waals surface area contributed by atoms with E-state index >= 15 is 0 Å². The number of nitrogens with zero attached hydrogens (tertiary/aromatic N) is 3. The van der Waals surface area contributed by atoms with Crippen molar-refractivity contribution in [2.24, 2.45) is 0 Å². The van der Waals surface area contributed by atoms with Crippen LogP contribution >= 0.6 is 0 Å². The van der Waals surface area contributed by atoms with Gasteiger partial charge in [0, 0.05) is 51.4 Å².